The predicted octanol–water partition coefficient (Wildman–Crippen LogP) is 2.76. The third kappa shape index (κ3) is 3.14. The topological polar surface area (TPSA) is 102 Å². The molecule has 1 amide bonds. The fraction of sp³-hybridized carbons (Fsp3) is 0.250. The second-order valence-corrected chi connectivity index (χ2v) is 6.64. The van der Waals surface area contributed by atoms with Gasteiger partial charge in [-0.05, 0) is 28.1 Å². The van der Waals surface area contributed by atoms with Crippen LogP contribution in [0.2, 0.25) is 0 Å². The lowest BCUT2D eigenvalue weighted by Gasteiger charge is -2.34. The zero-order valence-corrected chi connectivity index (χ0v) is 14.5. The highest BCUT2D eigenvalue weighted by atomic mass is 79.9. The maximum absolute atomic E-state index is 10.6. The minimum atomic E-state index is -1.02. The number of hydrogen-bond donors (Lipinski definition) is 2. The van der Waals surface area contributed by atoms with Gasteiger partial charge in [-0.3, -0.25) is 4.57 Å². The van der Waals surface area contributed by atoms with Crippen LogP contribution in [0.1, 0.15) is 12.8 Å². The summed E-state index contributed by atoms with van der Waals surface area (Å²) in [6.45, 7) is 0. The van der Waals surface area contributed by atoms with Gasteiger partial charge in [-0.15, -0.1) is 0 Å². The number of hydrogen-bond acceptors (Lipinski definition) is 5. The van der Waals surface area contributed by atoms with Crippen LogP contribution in [0.4, 0.5) is 4.79 Å². The lowest BCUT2D eigenvalue weighted by molar-refractivity contribution is 0.0747. The number of para-hydroxylation sites is 2. The largest absolute Gasteiger partial charge is 0.465 e. The van der Waals surface area contributed by atoms with Crippen molar-refractivity contribution in [1.82, 2.24) is 24.8 Å². The standard InChI is InChI=1S/C16H14BrN5O3/c17-11-7-18-15(25-10-5-9(6-10)20-16(23)24)21-14(11)22-8-19-12-3-1-2-4-13(12)22/h1-4,7-10,20H,5-6H2,(H,23,24). The van der Waals surface area contributed by atoms with E-state index in [0.717, 1.165) is 15.5 Å². The Morgan fingerprint density at radius 2 is 2.12 bits per heavy atom. The highest BCUT2D eigenvalue weighted by Gasteiger charge is 2.32. The summed E-state index contributed by atoms with van der Waals surface area (Å²) < 4.78 is 8.35. The molecule has 8 nitrogen and oxygen atoms in total. The third-order valence-corrected chi connectivity index (χ3v) is 4.64. The number of imidazole rings is 1. The molecule has 2 heterocycles. The van der Waals surface area contributed by atoms with Gasteiger partial charge in [0.15, 0.2) is 5.82 Å². The first kappa shape index (κ1) is 15.8. The molecule has 25 heavy (non-hydrogen) atoms. The van der Waals surface area contributed by atoms with Crippen molar-refractivity contribution < 1.29 is 14.6 Å². The number of benzene rings is 1. The molecule has 0 spiro atoms. The molecule has 0 saturated heterocycles. The van der Waals surface area contributed by atoms with Gasteiger partial charge < -0.3 is 15.2 Å². The van der Waals surface area contributed by atoms with Crippen molar-refractivity contribution in [1.29, 1.82) is 0 Å². The van der Waals surface area contributed by atoms with Crippen LogP contribution in [0.3, 0.4) is 0 Å². The van der Waals surface area contributed by atoms with E-state index in [0.29, 0.717) is 18.7 Å². The first-order chi connectivity index (χ1) is 12.1. The van der Waals surface area contributed by atoms with Gasteiger partial charge in [0.25, 0.3) is 0 Å². The summed E-state index contributed by atoms with van der Waals surface area (Å²) in [6, 6.07) is 7.95. The van der Waals surface area contributed by atoms with Crippen molar-refractivity contribution >= 4 is 33.1 Å². The molecule has 4 rings (SSSR count). The summed E-state index contributed by atoms with van der Waals surface area (Å²) in [5, 5.41) is 11.1. The zero-order chi connectivity index (χ0) is 17.4. The highest BCUT2D eigenvalue weighted by Crippen LogP contribution is 2.27. The van der Waals surface area contributed by atoms with E-state index >= 15 is 0 Å². The molecule has 3 aromatic rings. The Morgan fingerprint density at radius 1 is 1.32 bits per heavy atom. The number of halogens is 1. The molecule has 2 N–H and O–H groups in total. The van der Waals surface area contributed by atoms with Crippen molar-refractivity contribution in [2.45, 2.75) is 25.0 Å². The van der Waals surface area contributed by atoms with Gasteiger partial charge in [-0.1, -0.05) is 12.1 Å². The zero-order valence-electron chi connectivity index (χ0n) is 13.0. The van der Waals surface area contributed by atoms with E-state index in [1.807, 2.05) is 28.8 Å². The summed E-state index contributed by atoms with van der Waals surface area (Å²) in [6.07, 6.45) is 3.45. The number of carbonyl (C=O) groups is 1. The number of ether oxygens (including phenoxy) is 1. The summed E-state index contributed by atoms with van der Waals surface area (Å²) in [5.74, 6) is 0.637. The van der Waals surface area contributed by atoms with Crippen LogP contribution >= 0.6 is 15.9 Å². The van der Waals surface area contributed by atoms with Crippen LogP contribution in [0.5, 0.6) is 6.01 Å². The molecule has 1 aromatic carbocycles. The van der Waals surface area contributed by atoms with Crippen molar-refractivity contribution in [3.05, 3.63) is 41.3 Å². The Morgan fingerprint density at radius 3 is 2.92 bits per heavy atom. The van der Waals surface area contributed by atoms with Crippen LogP contribution < -0.4 is 10.1 Å². The fourth-order valence-corrected chi connectivity index (χ4v) is 3.18. The Balaban J connectivity index is 1.55. The van der Waals surface area contributed by atoms with E-state index in [2.05, 4.69) is 36.2 Å². The summed E-state index contributed by atoms with van der Waals surface area (Å²) >= 11 is 3.47. The first-order valence-corrected chi connectivity index (χ1v) is 8.50. The Bertz CT molecular complexity index is 938. The molecule has 9 heteroatoms. The smallest absolute Gasteiger partial charge is 0.404 e. The monoisotopic (exact) mass is 403 g/mol. The molecular formula is C16H14BrN5O3. The van der Waals surface area contributed by atoms with Gasteiger partial charge in [-0.25, -0.2) is 14.8 Å². The number of nitrogens with zero attached hydrogens (tertiary/aromatic N) is 4. The average molecular weight is 404 g/mol. The fourth-order valence-electron chi connectivity index (χ4n) is 2.80. The molecule has 2 aromatic heterocycles. The van der Waals surface area contributed by atoms with Gasteiger partial charge in [0, 0.05) is 18.9 Å². The minimum absolute atomic E-state index is 0.0741. The first-order valence-electron chi connectivity index (χ1n) is 7.71. The maximum Gasteiger partial charge on any atom is 0.404 e. The minimum Gasteiger partial charge on any atom is -0.465 e. The lowest BCUT2D eigenvalue weighted by atomic mass is 9.89. The SMILES string of the molecule is O=C(O)NC1CC(Oc2ncc(Br)c(-n3cnc4ccccc43)n2)C1. The number of amides is 1. The Kier molecular flexibility index (Phi) is 4.00. The molecule has 0 unspecified atom stereocenters. The van der Waals surface area contributed by atoms with E-state index in [9.17, 15) is 4.79 Å². The van der Waals surface area contributed by atoms with Gasteiger partial charge in [0.1, 0.15) is 12.4 Å². The Hall–Kier alpha value is -2.68. The molecule has 0 atom stereocenters. The molecular weight excluding hydrogens is 390 g/mol. The van der Waals surface area contributed by atoms with Crippen molar-refractivity contribution in [2.75, 3.05) is 0 Å². The van der Waals surface area contributed by atoms with E-state index in [-0.39, 0.29) is 18.2 Å². The van der Waals surface area contributed by atoms with Crippen LogP contribution in [-0.2, 0) is 0 Å². The molecule has 1 fully saturated rings. The third-order valence-electron chi connectivity index (χ3n) is 4.08. The quantitative estimate of drug-likeness (QED) is 0.694. The normalized spacial score (nSPS) is 19.4. The second kappa shape index (κ2) is 6.32. The number of carboxylic acid groups (broad SMARTS) is 1. The lowest BCUT2D eigenvalue weighted by Crippen LogP contribution is -2.48. The van der Waals surface area contributed by atoms with Crippen molar-refractivity contribution in [3.8, 4) is 11.8 Å². The Labute approximate surface area is 151 Å². The maximum atomic E-state index is 10.6. The molecule has 1 aliphatic carbocycles. The number of aromatic nitrogens is 4. The molecule has 1 saturated carbocycles. The molecule has 0 aliphatic heterocycles. The number of rotatable bonds is 4. The van der Waals surface area contributed by atoms with Gasteiger partial charge >= 0.3 is 12.1 Å². The van der Waals surface area contributed by atoms with E-state index in [1.165, 1.54) is 0 Å². The van der Waals surface area contributed by atoms with Crippen molar-refractivity contribution in [2.24, 2.45) is 0 Å². The summed E-state index contributed by atoms with van der Waals surface area (Å²) in [5.41, 5.74) is 1.80. The van der Waals surface area contributed by atoms with Gasteiger partial charge in [0.2, 0.25) is 0 Å². The van der Waals surface area contributed by atoms with E-state index < -0.39 is 6.09 Å². The second-order valence-electron chi connectivity index (χ2n) is 5.79. The van der Waals surface area contributed by atoms with Gasteiger partial charge in [0.05, 0.1) is 21.7 Å². The average Bonchev–Trinajstić information content (AvgIpc) is 2.98. The van der Waals surface area contributed by atoms with E-state index in [1.54, 1.807) is 12.5 Å². The number of nitrogens with one attached hydrogen (secondary N) is 1. The van der Waals surface area contributed by atoms with Crippen molar-refractivity contribution in [3.63, 3.8) is 0 Å². The predicted molar refractivity (Wildman–Crippen MR) is 93.0 cm³/mol. The molecule has 0 bridgehead atoms. The van der Waals surface area contributed by atoms with E-state index in [4.69, 9.17) is 9.84 Å². The highest BCUT2D eigenvalue weighted by molar-refractivity contribution is 9.10. The van der Waals surface area contributed by atoms with Crippen LogP contribution in [-0.4, -0.2) is 42.9 Å². The van der Waals surface area contributed by atoms with Crippen LogP contribution in [0, 0.1) is 0 Å². The van der Waals surface area contributed by atoms with Crippen LogP contribution in [0.25, 0.3) is 16.9 Å². The van der Waals surface area contributed by atoms with Gasteiger partial charge in [-0.2, -0.15) is 4.98 Å². The molecule has 0 radical (unpaired) electrons. The number of fused-ring (bicyclic) bond motifs is 1. The summed E-state index contributed by atoms with van der Waals surface area (Å²) in [7, 11) is 0. The molecule has 1 aliphatic rings. The van der Waals surface area contributed by atoms with Crippen LogP contribution in [0.15, 0.2) is 41.3 Å². The molecule has 128 valence electrons. The summed E-state index contributed by atoms with van der Waals surface area (Å²) in [4.78, 5) is 23.6.